The fraction of sp³-hybridized carbons (Fsp3) is 0.400. The number of unbranched alkanes of at least 4 members (excludes halogenated alkanes) is 1. The number of carboxylic acids is 2. The Balaban J connectivity index is 3.64. The molecule has 0 aliphatic heterocycles. The van der Waals surface area contributed by atoms with E-state index in [-0.39, 0.29) is 6.54 Å². The number of rotatable bonds is 5. The lowest BCUT2D eigenvalue weighted by Gasteiger charge is -2.10. The van der Waals surface area contributed by atoms with Crippen LogP contribution < -0.4 is 11.2 Å². The normalized spacial score (nSPS) is 10.3. The third-order valence-corrected chi connectivity index (χ3v) is 2.35. The molecule has 0 saturated carbocycles. The first-order valence-corrected chi connectivity index (χ1v) is 5.23. The Morgan fingerprint density at radius 1 is 1.22 bits per heavy atom. The molecule has 0 aromatic carbocycles. The second-order valence-electron chi connectivity index (χ2n) is 3.60. The average Bonchev–Trinajstić information content (AvgIpc) is 2.26. The van der Waals surface area contributed by atoms with Crippen LogP contribution in [0.4, 0.5) is 0 Å². The quantitative estimate of drug-likeness (QED) is 0.665. The number of aromatic amines is 1. The summed E-state index contributed by atoms with van der Waals surface area (Å²) in [6, 6.07) is 0. The molecule has 0 amide bonds. The highest BCUT2D eigenvalue weighted by Crippen LogP contribution is 2.04. The van der Waals surface area contributed by atoms with E-state index in [1.165, 1.54) is 0 Å². The van der Waals surface area contributed by atoms with Crippen LogP contribution in [0, 0.1) is 0 Å². The number of nitrogens with zero attached hydrogens (tertiary/aromatic N) is 1. The van der Waals surface area contributed by atoms with Gasteiger partial charge in [0, 0.05) is 6.54 Å². The van der Waals surface area contributed by atoms with Crippen molar-refractivity contribution in [2.75, 3.05) is 0 Å². The van der Waals surface area contributed by atoms with Crippen molar-refractivity contribution in [3.63, 3.8) is 0 Å². The van der Waals surface area contributed by atoms with E-state index in [9.17, 15) is 19.2 Å². The monoisotopic (exact) mass is 256 g/mol. The minimum atomic E-state index is -1.68. The van der Waals surface area contributed by atoms with Crippen LogP contribution in [-0.2, 0) is 6.54 Å². The van der Waals surface area contributed by atoms with Gasteiger partial charge in [0.25, 0.3) is 5.56 Å². The van der Waals surface area contributed by atoms with Crippen LogP contribution in [0.1, 0.15) is 40.6 Å². The molecule has 0 atom stereocenters. The van der Waals surface area contributed by atoms with Gasteiger partial charge in [-0.3, -0.25) is 14.3 Å². The highest BCUT2D eigenvalue weighted by atomic mass is 16.4. The maximum atomic E-state index is 11.5. The van der Waals surface area contributed by atoms with Crippen LogP contribution in [0.15, 0.2) is 9.59 Å². The second kappa shape index (κ2) is 5.30. The SMILES string of the molecule is CCCCn1c(C(=O)O)c(C(=O)O)c(=O)[nH]c1=O. The zero-order valence-corrected chi connectivity index (χ0v) is 9.60. The summed E-state index contributed by atoms with van der Waals surface area (Å²) in [5, 5.41) is 17.8. The highest BCUT2D eigenvalue weighted by Gasteiger charge is 2.25. The Morgan fingerprint density at radius 3 is 2.28 bits per heavy atom. The third kappa shape index (κ3) is 2.47. The van der Waals surface area contributed by atoms with E-state index in [1.54, 1.807) is 4.98 Å². The summed E-state index contributed by atoms with van der Waals surface area (Å²) >= 11 is 0. The zero-order chi connectivity index (χ0) is 13.9. The summed E-state index contributed by atoms with van der Waals surface area (Å²) in [4.78, 5) is 46.5. The summed E-state index contributed by atoms with van der Waals surface area (Å²) in [6.45, 7) is 1.86. The molecule has 0 radical (unpaired) electrons. The molecule has 0 fully saturated rings. The first-order valence-electron chi connectivity index (χ1n) is 5.23. The van der Waals surface area contributed by atoms with Crippen LogP contribution in [0.25, 0.3) is 0 Å². The minimum absolute atomic E-state index is 0.0357. The van der Waals surface area contributed by atoms with Crippen molar-refractivity contribution in [3.8, 4) is 0 Å². The molecule has 3 N–H and O–H groups in total. The number of carboxylic acid groups (broad SMARTS) is 2. The van der Waals surface area contributed by atoms with Gasteiger partial charge in [0.05, 0.1) is 0 Å². The van der Waals surface area contributed by atoms with E-state index in [0.29, 0.717) is 12.8 Å². The molecule has 1 rings (SSSR count). The van der Waals surface area contributed by atoms with Gasteiger partial charge in [-0.2, -0.15) is 0 Å². The zero-order valence-electron chi connectivity index (χ0n) is 9.60. The molecule has 8 nitrogen and oxygen atoms in total. The van der Waals surface area contributed by atoms with Gasteiger partial charge in [0.2, 0.25) is 0 Å². The predicted octanol–water partition coefficient (Wildman–Crippen LogP) is -0.267. The van der Waals surface area contributed by atoms with E-state index in [4.69, 9.17) is 10.2 Å². The standard InChI is InChI=1S/C10H12N2O6/c1-2-3-4-12-6(9(16)17)5(8(14)15)7(13)11-10(12)18/h2-4H2,1H3,(H,14,15)(H,16,17)(H,11,13,18). The molecule has 8 heteroatoms. The number of nitrogens with one attached hydrogen (secondary N) is 1. The van der Waals surface area contributed by atoms with Crippen molar-refractivity contribution >= 4 is 11.9 Å². The Bertz CT molecular complexity index is 597. The number of H-pyrrole nitrogens is 1. The van der Waals surface area contributed by atoms with Gasteiger partial charge in [0.1, 0.15) is 0 Å². The molecule has 1 aromatic rings. The van der Waals surface area contributed by atoms with Gasteiger partial charge >= 0.3 is 17.6 Å². The number of aromatic nitrogens is 2. The Hall–Kier alpha value is -2.38. The lowest BCUT2D eigenvalue weighted by molar-refractivity contribution is 0.0637. The van der Waals surface area contributed by atoms with Crippen LogP contribution in [0.5, 0.6) is 0 Å². The van der Waals surface area contributed by atoms with Gasteiger partial charge < -0.3 is 10.2 Å². The van der Waals surface area contributed by atoms with Crippen molar-refractivity contribution in [3.05, 3.63) is 32.1 Å². The lowest BCUT2D eigenvalue weighted by Crippen LogP contribution is -2.38. The average molecular weight is 256 g/mol. The fourth-order valence-electron chi connectivity index (χ4n) is 1.52. The first kappa shape index (κ1) is 13.7. The van der Waals surface area contributed by atoms with Crippen molar-refractivity contribution in [2.45, 2.75) is 26.3 Å². The number of hydrogen-bond donors (Lipinski definition) is 3. The molecule has 0 unspecified atom stereocenters. The maximum absolute atomic E-state index is 11.5. The molecule has 0 spiro atoms. The van der Waals surface area contributed by atoms with E-state index in [1.807, 2.05) is 6.92 Å². The van der Waals surface area contributed by atoms with E-state index >= 15 is 0 Å². The van der Waals surface area contributed by atoms with Gasteiger partial charge in [-0.15, -0.1) is 0 Å². The summed E-state index contributed by atoms with van der Waals surface area (Å²) in [5.74, 6) is -3.30. The van der Waals surface area contributed by atoms with Gasteiger partial charge in [0.15, 0.2) is 11.3 Å². The van der Waals surface area contributed by atoms with Crippen LogP contribution in [-0.4, -0.2) is 31.7 Å². The molecular formula is C10H12N2O6. The molecule has 0 saturated heterocycles. The smallest absolute Gasteiger partial charge is 0.353 e. The largest absolute Gasteiger partial charge is 0.477 e. The third-order valence-electron chi connectivity index (χ3n) is 2.35. The Labute approximate surface area is 101 Å². The topological polar surface area (TPSA) is 129 Å². The van der Waals surface area contributed by atoms with Crippen molar-refractivity contribution in [2.24, 2.45) is 0 Å². The molecule has 0 aliphatic rings. The Morgan fingerprint density at radius 2 is 1.83 bits per heavy atom. The van der Waals surface area contributed by atoms with Crippen molar-refractivity contribution < 1.29 is 19.8 Å². The molecular weight excluding hydrogens is 244 g/mol. The lowest BCUT2D eigenvalue weighted by atomic mass is 10.2. The molecule has 0 bridgehead atoms. The number of aromatic carboxylic acids is 2. The van der Waals surface area contributed by atoms with Gasteiger partial charge in [-0.25, -0.2) is 14.4 Å². The van der Waals surface area contributed by atoms with Crippen LogP contribution in [0.2, 0.25) is 0 Å². The molecule has 1 aromatic heterocycles. The second-order valence-corrected chi connectivity index (χ2v) is 3.60. The first-order chi connectivity index (χ1) is 8.40. The van der Waals surface area contributed by atoms with Crippen LogP contribution >= 0.6 is 0 Å². The highest BCUT2D eigenvalue weighted by molar-refractivity contribution is 5.99. The summed E-state index contributed by atoms with van der Waals surface area (Å²) < 4.78 is 0.761. The minimum Gasteiger partial charge on any atom is -0.477 e. The molecule has 1 heterocycles. The summed E-state index contributed by atoms with van der Waals surface area (Å²) in [6.07, 6.45) is 1.18. The molecule has 0 aliphatic carbocycles. The van der Waals surface area contributed by atoms with Gasteiger partial charge in [-0.05, 0) is 6.42 Å². The van der Waals surface area contributed by atoms with Crippen molar-refractivity contribution in [1.82, 2.24) is 9.55 Å². The van der Waals surface area contributed by atoms with Crippen LogP contribution in [0.3, 0.4) is 0 Å². The van der Waals surface area contributed by atoms with E-state index < -0.39 is 34.4 Å². The van der Waals surface area contributed by atoms with Gasteiger partial charge in [-0.1, -0.05) is 13.3 Å². The summed E-state index contributed by atoms with van der Waals surface area (Å²) in [7, 11) is 0. The Kier molecular flexibility index (Phi) is 4.03. The fourth-order valence-corrected chi connectivity index (χ4v) is 1.52. The summed E-state index contributed by atoms with van der Waals surface area (Å²) in [5.41, 5.74) is -3.85. The van der Waals surface area contributed by atoms with E-state index in [0.717, 1.165) is 4.57 Å². The number of hydrogen-bond acceptors (Lipinski definition) is 4. The molecule has 98 valence electrons. The molecule has 18 heavy (non-hydrogen) atoms. The number of carbonyl (C=O) groups is 2. The maximum Gasteiger partial charge on any atom is 0.353 e. The predicted molar refractivity (Wildman–Crippen MR) is 60.1 cm³/mol. The van der Waals surface area contributed by atoms with Crippen molar-refractivity contribution in [1.29, 1.82) is 0 Å². The van der Waals surface area contributed by atoms with E-state index in [2.05, 4.69) is 0 Å².